The first-order chi connectivity index (χ1) is 12.4. The lowest BCUT2D eigenvalue weighted by Gasteiger charge is -2.28. The van der Waals surface area contributed by atoms with Crippen molar-refractivity contribution >= 4 is 33.6 Å². The number of benzene rings is 2. The van der Waals surface area contributed by atoms with E-state index >= 15 is 0 Å². The molecule has 0 unspecified atom stereocenters. The molecular formula is C20H22BrNO4. The van der Waals surface area contributed by atoms with Crippen molar-refractivity contribution in [2.75, 3.05) is 18.0 Å². The number of rotatable bonds is 3. The van der Waals surface area contributed by atoms with Crippen LogP contribution in [0.15, 0.2) is 46.9 Å². The maximum Gasteiger partial charge on any atom is 0.335 e. The van der Waals surface area contributed by atoms with Crippen LogP contribution in [0.5, 0.6) is 0 Å². The van der Waals surface area contributed by atoms with E-state index in [1.54, 1.807) is 0 Å². The molecule has 0 saturated carbocycles. The molecule has 3 rings (SSSR count). The number of hydrogen-bond donors (Lipinski definition) is 2. The molecule has 0 radical (unpaired) electrons. The fourth-order valence-electron chi connectivity index (χ4n) is 2.90. The van der Waals surface area contributed by atoms with E-state index in [-0.39, 0.29) is 16.7 Å². The van der Waals surface area contributed by atoms with Crippen molar-refractivity contribution in [3.8, 4) is 0 Å². The Morgan fingerprint density at radius 1 is 0.885 bits per heavy atom. The van der Waals surface area contributed by atoms with Crippen LogP contribution in [-0.2, 0) is 0 Å². The third kappa shape index (κ3) is 5.33. The van der Waals surface area contributed by atoms with Crippen molar-refractivity contribution in [1.82, 2.24) is 0 Å². The molecule has 6 heteroatoms. The molecular weight excluding hydrogens is 398 g/mol. The Morgan fingerprint density at radius 3 is 1.85 bits per heavy atom. The van der Waals surface area contributed by atoms with Gasteiger partial charge in [-0.25, -0.2) is 9.59 Å². The third-order valence-electron chi connectivity index (χ3n) is 4.34. The van der Waals surface area contributed by atoms with Gasteiger partial charge in [-0.3, -0.25) is 0 Å². The van der Waals surface area contributed by atoms with Crippen molar-refractivity contribution < 1.29 is 19.8 Å². The van der Waals surface area contributed by atoms with E-state index < -0.39 is 11.9 Å². The van der Waals surface area contributed by atoms with Crippen molar-refractivity contribution in [2.24, 2.45) is 0 Å². The number of piperidine rings is 1. The quantitative estimate of drug-likeness (QED) is 0.744. The predicted octanol–water partition coefficient (Wildman–Crippen LogP) is 4.83. The van der Waals surface area contributed by atoms with Crippen LogP contribution in [0, 0.1) is 6.92 Å². The summed E-state index contributed by atoms with van der Waals surface area (Å²) in [6.45, 7) is 3.93. The normalized spacial score (nSPS) is 13.5. The molecule has 2 aromatic carbocycles. The number of carboxylic acid groups (broad SMARTS) is 2. The van der Waals surface area contributed by atoms with E-state index in [1.165, 1.54) is 63.2 Å². The summed E-state index contributed by atoms with van der Waals surface area (Å²) in [5.74, 6) is -2.22. The predicted molar refractivity (Wildman–Crippen MR) is 105 cm³/mol. The lowest BCUT2D eigenvalue weighted by Crippen LogP contribution is -2.29. The number of hydrogen-bond acceptors (Lipinski definition) is 3. The monoisotopic (exact) mass is 419 g/mol. The maximum absolute atomic E-state index is 10.6. The van der Waals surface area contributed by atoms with Crippen LogP contribution in [0.25, 0.3) is 0 Å². The fraction of sp³-hybridized carbons (Fsp3) is 0.300. The zero-order valence-electron chi connectivity index (χ0n) is 14.6. The summed E-state index contributed by atoms with van der Waals surface area (Å²) in [6, 6.07) is 12.8. The molecule has 1 heterocycles. The molecule has 1 aliphatic heterocycles. The molecule has 2 aromatic rings. The number of anilines is 1. The van der Waals surface area contributed by atoms with Gasteiger partial charge in [0, 0.05) is 23.2 Å². The van der Waals surface area contributed by atoms with Crippen molar-refractivity contribution in [1.29, 1.82) is 0 Å². The lowest BCUT2D eigenvalue weighted by atomic mass is 10.0. The fourth-order valence-corrected chi connectivity index (χ4v) is 3.17. The second-order valence-electron chi connectivity index (χ2n) is 6.11. The summed E-state index contributed by atoms with van der Waals surface area (Å²) in [4.78, 5) is 23.7. The summed E-state index contributed by atoms with van der Waals surface area (Å²) in [6.07, 6.45) is 4.08. The average molecular weight is 420 g/mol. The van der Waals surface area contributed by atoms with E-state index in [2.05, 4.69) is 45.1 Å². The van der Waals surface area contributed by atoms with Gasteiger partial charge in [0.2, 0.25) is 0 Å². The van der Waals surface area contributed by atoms with Crippen molar-refractivity contribution in [2.45, 2.75) is 26.2 Å². The zero-order chi connectivity index (χ0) is 19.1. The van der Waals surface area contributed by atoms with Crippen LogP contribution in [0.4, 0.5) is 5.69 Å². The van der Waals surface area contributed by atoms with Crippen LogP contribution in [0.3, 0.4) is 0 Å². The van der Waals surface area contributed by atoms with Crippen molar-refractivity contribution in [3.05, 3.63) is 63.6 Å². The Balaban J connectivity index is 0.000000187. The van der Waals surface area contributed by atoms with Gasteiger partial charge in [-0.2, -0.15) is 0 Å². The number of nitrogens with zero attached hydrogens (tertiary/aromatic N) is 1. The molecule has 2 N–H and O–H groups in total. The minimum Gasteiger partial charge on any atom is -0.478 e. The highest BCUT2D eigenvalue weighted by molar-refractivity contribution is 9.10. The second kappa shape index (κ2) is 9.38. The molecule has 1 fully saturated rings. The molecule has 138 valence electrons. The van der Waals surface area contributed by atoms with Gasteiger partial charge in [-0.1, -0.05) is 22.0 Å². The summed E-state index contributed by atoms with van der Waals surface area (Å²) in [5.41, 5.74) is 1.70. The molecule has 1 aliphatic rings. The molecule has 0 aliphatic carbocycles. The lowest BCUT2D eigenvalue weighted by molar-refractivity contribution is 0.0696. The minimum atomic E-state index is -1.11. The third-order valence-corrected chi connectivity index (χ3v) is 4.87. The van der Waals surface area contributed by atoms with Crippen molar-refractivity contribution in [3.63, 3.8) is 0 Å². The maximum atomic E-state index is 10.6. The first kappa shape index (κ1) is 20.0. The smallest absolute Gasteiger partial charge is 0.335 e. The number of aromatic carboxylic acids is 2. The Kier molecular flexibility index (Phi) is 7.21. The van der Waals surface area contributed by atoms with Crippen LogP contribution >= 0.6 is 15.9 Å². The highest BCUT2D eigenvalue weighted by Gasteiger charge is 2.13. The van der Waals surface area contributed by atoms with Crippen LogP contribution in [0.1, 0.15) is 45.5 Å². The largest absolute Gasteiger partial charge is 0.478 e. The molecule has 1 saturated heterocycles. The van der Waals surface area contributed by atoms with Crippen LogP contribution in [-0.4, -0.2) is 35.2 Å². The molecule has 0 bridgehead atoms. The number of halogens is 1. The van der Waals surface area contributed by atoms with E-state index in [9.17, 15) is 9.59 Å². The Morgan fingerprint density at radius 2 is 1.38 bits per heavy atom. The Labute approximate surface area is 161 Å². The van der Waals surface area contributed by atoms with E-state index in [0.717, 1.165) is 4.47 Å². The van der Waals surface area contributed by atoms with E-state index in [4.69, 9.17) is 10.2 Å². The summed E-state index contributed by atoms with van der Waals surface area (Å²) < 4.78 is 1.16. The first-order valence-electron chi connectivity index (χ1n) is 8.47. The van der Waals surface area contributed by atoms with E-state index in [0.29, 0.717) is 0 Å². The van der Waals surface area contributed by atoms with Gasteiger partial charge in [0.05, 0.1) is 11.1 Å². The Bertz CT molecular complexity index is 736. The summed E-state index contributed by atoms with van der Waals surface area (Å²) >= 11 is 3.45. The SMILES string of the molecule is Brc1ccc(N2CCCCC2)cc1.Cc1c(C(=O)O)cccc1C(=O)O. The molecule has 5 nitrogen and oxygen atoms in total. The standard InChI is InChI=1S/C11H14BrN.C9H8O4/c12-10-4-6-11(7-5-10)13-8-2-1-3-9-13;1-5-6(8(10)11)3-2-4-7(5)9(12)13/h4-7H,1-3,8-9H2;2-4H,1H3,(H,10,11)(H,12,13). The van der Waals surface area contributed by atoms with Gasteiger partial charge in [0.1, 0.15) is 0 Å². The molecule has 0 atom stereocenters. The zero-order valence-corrected chi connectivity index (χ0v) is 16.2. The van der Waals surface area contributed by atoms with Gasteiger partial charge < -0.3 is 15.1 Å². The van der Waals surface area contributed by atoms with Gasteiger partial charge in [-0.15, -0.1) is 0 Å². The minimum absolute atomic E-state index is 0.0277. The second-order valence-corrected chi connectivity index (χ2v) is 7.03. The van der Waals surface area contributed by atoms with E-state index in [1.807, 2.05) is 0 Å². The molecule has 26 heavy (non-hydrogen) atoms. The first-order valence-corrected chi connectivity index (χ1v) is 9.26. The highest BCUT2D eigenvalue weighted by Crippen LogP contribution is 2.21. The van der Waals surface area contributed by atoms with Gasteiger partial charge in [0.15, 0.2) is 0 Å². The van der Waals surface area contributed by atoms with Gasteiger partial charge >= 0.3 is 11.9 Å². The average Bonchev–Trinajstić information content (AvgIpc) is 2.63. The van der Waals surface area contributed by atoms with Crippen LogP contribution in [0.2, 0.25) is 0 Å². The number of carboxylic acids is 2. The van der Waals surface area contributed by atoms with Gasteiger partial charge in [0.25, 0.3) is 0 Å². The topological polar surface area (TPSA) is 77.8 Å². The Hall–Kier alpha value is -2.34. The molecule has 0 spiro atoms. The summed E-state index contributed by atoms with van der Waals surface area (Å²) in [7, 11) is 0. The molecule has 0 amide bonds. The summed E-state index contributed by atoms with van der Waals surface area (Å²) in [5, 5.41) is 17.4. The highest BCUT2D eigenvalue weighted by atomic mass is 79.9. The number of carbonyl (C=O) groups is 2. The van der Waals surface area contributed by atoms with Crippen LogP contribution < -0.4 is 4.90 Å². The molecule has 0 aromatic heterocycles. The van der Waals surface area contributed by atoms with Gasteiger partial charge in [-0.05, 0) is 68.1 Å².